The summed E-state index contributed by atoms with van der Waals surface area (Å²) < 4.78 is 2.99. The summed E-state index contributed by atoms with van der Waals surface area (Å²) in [7, 11) is 4.03. The number of fused-ring (bicyclic) bond motifs is 1. The molecule has 2 rings (SSSR count). The Morgan fingerprint density at radius 2 is 2.38 bits per heavy atom. The number of aryl methyl sites for hydroxylation is 1. The SMILES string of the molecule is CNC1CCCc2c1c(Br)nn2C. The highest BCUT2D eigenvalue weighted by molar-refractivity contribution is 9.10. The van der Waals surface area contributed by atoms with Crippen molar-refractivity contribution in [2.45, 2.75) is 25.3 Å². The van der Waals surface area contributed by atoms with Gasteiger partial charge in [0, 0.05) is 24.3 Å². The van der Waals surface area contributed by atoms with Gasteiger partial charge in [0.1, 0.15) is 4.60 Å². The van der Waals surface area contributed by atoms with Crippen LogP contribution in [0.3, 0.4) is 0 Å². The van der Waals surface area contributed by atoms with Gasteiger partial charge in [-0.2, -0.15) is 5.10 Å². The van der Waals surface area contributed by atoms with Gasteiger partial charge in [0.2, 0.25) is 0 Å². The van der Waals surface area contributed by atoms with Crippen LogP contribution in [0.25, 0.3) is 0 Å². The fourth-order valence-electron chi connectivity index (χ4n) is 2.09. The van der Waals surface area contributed by atoms with Gasteiger partial charge in [-0.1, -0.05) is 0 Å². The molecule has 0 saturated heterocycles. The van der Waals surface area contributed by atoms with Crippen molar-refractivity contribution in [3.63, 3.8) is 0 Å². The maximum atomic E-state index is 4.38. The summed E-state index contributed by atoms with van der Waals surface area (Å²) in [6.07, 6.45) is 3.63. The molecule has 3 nitrogen and oxygen atoms in total. The van der Waals surface area contributed by atoms with E-state index in [4.69, 9.17) is 0 Å². The van der Waals surface area contributed by atoms with E-state index in [0.29, 0.717) is 6.04 Å². The molecular formula is C9H14BrN3. The molecule has 1 aromatic heterocycles. The minimum atomic E-state index is 0.479. The smallest absolute Gasteiger partial charge is 0.133 e. The molecule has 1 N–H and O–H groups in total. The summed E-state index contributed by atoms with van der Waals surface area (Å²) in [5, 5.41) is 7.72. The van der Waals surface area contributed by atoms with E-state index < -0.39 is 0 Å². The predicted octanol–water partition coefficient (Wildman–Crippen LogP) is 1.78. The maximum Gasteiger partial charge on any atom is 0.133 e. The van der Waals surface area contributed by atoms with Crippen molar-refractivity contribution in [1.29, 1.82) is 0 Å². The largest absolute Gasteiger partial charge is 0.313 e. The summed E-state index contributed by atoms with van der Waals surface area (Å²) in [5.41, 5.74) is 2.73. The van der Waals surface area contributed by atoms with Crippen molar-refractivity contribution in [2.24, 2.45) is 7.05 Å². The molecule has 13 heavy (non-hydrogen) atoms. The molecule has 0 aliphatic heterocycles. The first-order valence-electron chi connectivity index (χ1n) is 4.62. The number of nitrogens with zero attached hydrogens (tertiary/aromatic N) is 2. The lowest BCUT2D eigenvalue weighted by molar-refractivity contribution is 0.485. The molecule has 1 aliphatic carbocycles. The van der Waals surface area contributed by atoms with Gasteiger partial charge in [-0.3, -0.25) is 4.68 Å². The highest BCUT2D eigenvalue weighted by Gasteiger charge is 2.25. The highest BCUT2D eigenvalue weighted by atomic mass is 79.9. The molecule has 1 aromatic rings. The van der Waals surface area contributed by atoms with Crippen LogP contribution in [0.5, 0.6) is 0 Å². The quantitative estimate of drug-likeness (QED) is 0.816. The van der Waals surface area contributed by atoms with Crippen LogP contribution in [-0.4, -0.2) is 16.8 Å². The van der Waals surface area contributed by atoms with Crippen LogP contribution in [0, 0.1) is 0 Å². The molecular weight excluding hydrogens is 230 g/mol. The summed E-state index contributed by atoms with van der Waals surface area (Å²) in [4.78, 5) is 0. The van der Waals surface area contributed by atoms with Crippen LogP contribution >= 0.6 is 15.9 Å². The van der Waals surface area contributed by atoms with Gasteiger partial charge in [0.25, 0.3) is 0 Å². The fourth-order valence-corrected chi connectivity index (χ4v) is 2.83. The van der Waals surface area contributed by atoms with E-state index in [1.807, 2.05) is 18.8 Å². The standard InChI is InChI=1S/C9H14BrN3/c1-11-6-4-3-5-7-8(6)9(10)12-13(7)2/h6,11H,3-5H2,1-2H3. The lowest BCUT2D eigenvalue weighted by Gasteiger charge is -2.22. The number of halogens is 1. The monoisotopic (exact) mass is 243 g/mol. The minimum Gasteiger partial charge on any atom is -0.313 e. The molecule has 0 spiro atoms. The van der Waals surface area contributed by atoms with Gasteiger partial charge in [0.05, 0.1) is 0 Å². The molecule has 4 heteroatoms. The van der Waals surface area contributed by atoms with Gasteiger partial charge in [0.15, 0.2) is 0 Å². The third-order valence-electron chi connectivity index (χ3n) is 2.76. The molecule has 0 radical (unpaired) electrons. The topological polar surface area (TPSA) is 29.9 Å². The lowest BCUT2D eigenvalue weighted by Crippen LogP contribution is -2.21. The van der Waals surface area contributed by atoms with Crippen LogP contribution in [0.2, 0.25) is 0 Å². The van der Waals surface area contributed by atoms with Crippen molar-refractivity contribution >= 4 is 15.9 Å². The fraction of sp³-hybridized carbons (Fsp3) is 0.667. The second kappa shape index (κ2) is 3.42. The molecule has 1 heterocycles. The van der Waals surface area contributed by atoms with Crippen LogP contribution < -0.4 is 5.32 Å². The summed E-state index contributed by atoms with van der Waals surface area (Å²) >= 11 is 3.51. The maximum absolute atomic E-state index is 4.38. The predicted molar refractivity (Wildman–Crippen MR) is 55.6 cm³/mol. The van der Waals surface area contributed by atoms with Crippen LogP contribution in [0.15, 0.2) is 4.60 Å². The average Bonchev–Trinajstić information content (AvgIpc) is 2.43. The third kappa shape index (κ3) is 1.42. The lowest BCUT2D eigenvalue weighted by atomic mass is 9.93. The van der Waals surface area contributed by atoms with E-state index in [1.165, 1.54) is 24.1 Å². The Morgan fingerprint density at radius 1 is 1.62 bits per heavy atom. The van der Waals surface area contributed by atoms with Crippen molar-refractivity contribution in [3.8, 4) is 0 Å². The second-order valence-electron chi connectivity index (χ2n) is 3.51. The summed E-state index contributed by atoms with van der Waals surface area (Å²) in [6, 6.07) is 0.479. The zero-order chi connectivity index (χ0) is 9.42. The molecule has 1 atom stereocenters. The number of nitrogens with one attached hydrogen (secondary N) is 1. The molecule has 0 fully saturated rings. The molecule has 0 amide bonds. The first-order chi connectivity index (χ1) is 6.24. The van der Waals surface area contributed by atoms with Gasteiger partial charge in [-0.25, -0.2) is 0 Å². The Morgan fingerprint density at radius 3 is 3.08 bits per heavy atom. The second-order valence-corrected chi connectivity index (χ2v) is 4.26. The van der Waals surface area contributed by atoms with E-state index in [2.05, 4.69) is 26.3 Å². The molecule has 0 bridgehead atoms. The van der Waals surface area contributed by atoms with E-state index in [-0.39, 0.29) is 0 Å². The molecule has 1 unspecified atom stereocenters. The Balaban J connectivity index is 2.48. The van der Waals surface area contributed by atoms with Crippen molar-refractivity contribution in [1.82, 2.24) is 15.1 Å². The molecule has 1 aliphatic rings. The first kappa shape index (κ1) is 9.21. The highest BCUT2D eigenvalue weighted by Crippen LogP contribution is 2.34. The average molecular weight is 244 g/mol. The zero-order valence-corrected chi connectivity index (χ0v) is 9.56. The number of hydrogen-bond donors (Lipinski definition) is 1. The van der Waals surface area contributed by atoms with Gasteiger partial charge >= 0.3 is 0 Å². The summed E-state index contributed by atoms with van der Waals surface area (Å²) in [5.74, 6) is 0. The third-order valence-corrected chi connectivity index (χ3v) is 3.35. The van der Waals surface area contributed by atoms with Crippen LogP contribution in [-0.2, 0) is 13.5 Å². The van der Waals surface area contributed by atoms with Crippen molar-refractivity contribution in [3.05, 3.63) is 15.9 Å². The van der Waals surface area contributed by atoms with Gasteiger partial charge in [-0.15, -0.1) is 0 Å². The van der Waals surface area contributed by atoms with E-state index in [1.54, 1.807) is 0 Å². The van der Waals surface area contributed by atoms with E-state index >= 15 is 0 Å². The zero-order valence-electron chi connectivity index (χ0n) is 7.97. The number of hydrogen-bond acceptors (Lipinski definition) is 2. The first-order valence-corrected chi connectivity index (χ1v) is 5.42. The molecule has 0 aromatic carbocycles. The van der Waals surface area contributed by atoms with E-state index in [0.717, 1.165) is 11.0 Å². The van der Waals surface area contributed by atoms with Crippen molar-refractivity contribution < 1.29 is 0 Å². The Bertz CT molecular complexity index is 319. The number of aromatic nitrogens is 2. The molecule has 72 valence electrons. The Kier molecular flexibility index (Phi) is 2.43. The van der Waals surface area contributed by atoms with Crippen LogP contribution in [0.4, 0.5) is 0 Å². The summed E-state index contributed by atoms with van der Waals surface area (Å²) in [6.45, 7) is 0. The van der Waals surface area contributed by atoms with E-state index in [9.17, 15) is 0 Å². The Labute approximate surface area is 86.6 Å². The van der Waals surface area contributed by atoms with Gasteiger partial charge < -0.3 is 5.32 Å². The van der Waals surface area contributed by atoms with Crippen LogP contribution in [0.1, 0.15) is 30.1 Å². The molecule has 0 saturated carbocycles. The van der Waals surface area contributed by atoms with Crippen molar-refractivity contribution in [2.75, 3.05) is 7.05 Å². The Hall–Kier alpha value is -0.350. The normalized spacial score (nSPS) is 21.6. The van der Waals surface area contributed by atoms with Gasteiger partial charge in [-0.05, 0) is 42.2 Å². The number of rotatable bonds is 1. The minimum absolute atomic E-state index is 0.479.